The van der Waals surface area contributed by atoms with E-state index < -0.39 is 0 Å². The van der Waals surface area contributed by atoms with Crippen LogP contribution in [0.4, 0.5) is 4.39 Å². The van der Waals surface area contributed by atoms with Crippen LogP contribution in [0.3, 0.4) is 0 Å². The first-order chi connectivity index (χ1) is 26.6. The number of nitrogens with two attached hydrogens (primary N) is 2. The first kappa shape index (κ1) is 42.7. The Kier molecular flexibility index (Phi) is 15.7. The summed E-state index contributed by atoms with van der Waals surface area (Å²) in [6.45, 7) is 10.2. The summed E-state index contributed by atoms with van der Waals surface area (Å²) in [6, 6.07) is 10.6. The summed E-state index contributed by atoms with van der Waals surface area (Å²) >= 11 is 7.66. The van der Waals surface area contributed by atoms with Gasteiger partial charge in [0.25, 0.3) is 0 Å². The Balaban J connectivity index is 0.000000352. The maximum Gasteiger partial charge on any atom is 0.214 e. The molecular weight excluding hydrogens is 739 g/mol. The quantitative estimate of drug-likeness (QED) is 0.118. The van der Waals surface area contributed by atoms with Gasteiger partial charge < -0.3 is 25.1 Å². The molecule has 7 rings (SSSR count). The zero-order chi connectivity index (χ0) is 39.5. The fourth-order valence-electron chi connectivity index (χ4n) is 7.05. The van der Waals surface area contributed by atoms with E-state index in [2.05, 4.69) is 44.7 Å². The molecule has 6 N–H and O–H groups in total. The molecule has 11 nitrogen and oxygen atoms in total. The topological polar surface area (TPSA) is 146 Å². The molecule has 4 unspecified atom stereocenters. The highest BCUT2D eigenvalue weighted by molar-refractivity contribution is 7.99. The molecule has 1 aromatic carbocycles. The number of ether oxygens (including phenoxy) is 2. The summed E-state index contributed by atoms with van der Waals surface area (Å²) in [7, 11) is 2.00. The number of thioether (sulfide) groups is 1. The molecule has 0 amide bonds. The van der Waals surface area contributed by atoms with Gasteiger partial charge in [-0.15, -0.1) is 11.8 Å². The van der Waals surface area contributed by atoms with Crippen molar-refractivity contribution in [3.63, 3.8) is 0 Å². The van der Waals surface area contributed by atoms with E-state index in [0.29, 0.717) is 22.5 Å². The van der Waals surface area contributed by atoms with Crippen LogP contribution < -0.4 is 37.8 Å². The molecule has 1 fully saturated rings. The van der Waals surface area contributed by atoms with E-state index >= 15 is 0 Å². The number of hydrazine groups is 1. The third-order valence-electron chi connectivity index (χ3n) is 10.5. The number of hydrogen-bond donors (Lipinski definition) is 4. The van der Waals surface area contributed by atoms with Crippen molar-refractivity contribution in [1.82, 2.24) is 30.2 Å². The minimum absolute atomic E-state index is 0.0868. The fraction of sp³-hybridized carbons (Fsp3) is 0.488. The predicted molar refractivity (Wildman–Crippen MR) is 221 cm³/mol. The number of carbonyl (C=O) groups is 1. The normalized spacial score (nSPS) is 24.5. The SMILES string of the molecule is CC.CNC1C=c2nc(CN3CC=C(c4cccc(OCc5ccc(Cl)cc5F)n4)CC3)n(CC3(SC)CCO3)c2=CC1.C[C@@H]1CC(NN)C(N)C=C1C=O. The van der Waals surface area contributed by atoms with Crippen molar-refractivity contribution in [2.45, 2.75) is 89.2 Å². The lowest BCUT2D eigenvalue weighted by molar-refractivity contribution is -0.105. The molecule has 0 radical (unpaired) electrons. The predicted octanol–water partition coefficient (Wildman–Crippen LogP) is 4.31. The molecule has 2 aromatic heterocycles. The van der Waals surface area contributed by atoms with Gasteiger partial charge in [0.05, 0.1) is 36.1 Å². The smallest absolute Gasteiger partial charge is 0.214 e. The van der Waals surface area contributed by atoms with E-state index in [4.69, 9.17) is 42.6 Å². The molecule has 2 aliphatic heterocycles. The van der Waals surface area contributed by atoms with Gasteiger partial charge in [0.15, 0.2) is 0 Å². The third-order valence-corrected chi connectivity index (χ3v) is 11.9. The van der Waals surface area contributed by atoms with Crippen LogP contribution in [-0.4, -0.2) is 81.8 Å². The first-order valence-electron chi connectivity index (χ1n) is 19.1. The van der Waals surface area contributed by atoms with E-state index in [0.717, 1.165) is 87.2 Å². The number of nitrogens with zero attached hydrogens (tertiary/aromatic N) is 4. The number of benzene rings is 1. The number of rotatable bonds is 12. The van der Waals surface area contributed by atoms with Crippen molar-refractivity contribution < 1.29 is 18.7 Å². The van der Waals surface area contributed by atoms with Crippen LogP contribution in [0.1, 0.15) is 63.5 Å². The Hall–Kier alpha value is -3.40. The molecule has 5 atom stereocenters. The second-order valence-corrected chi connectivity index (χ2v) is 15.6. The molecular formula is C41H56ClFN8O3S. The van der Waals surface area contributed by atoms with E-state index in [-0.39, 0.29) is 35.4 Å². The fourth-order valence-corrected chi connectivity index (χ4v) is 7.96. The van der Waals surface area contributed by atoms with Crippen LogP contribution in [0, 0.1) is 11.7 Å². The number of pyridine rings is 1. The monoisotopic (exact) mass is 794 g/mol. The summed E-state index contributed by atoms with van der Waals surface area (Å²) in [4.78, 5) is 22.6. The number of carbonyl (C=O) groups excluding carboxylic acids is 1. The Morgan fingerprint density at radius 3 is 2.64 bits per heavy atom. The number of fused-ring (bicyclic) bond motifs is 1. The largest absolute Gasteiger partial charge is 0.473 e. The molecule has 4 heterocycles. The Labute approximate surface area is 333 Å². The number of hydrogen-bond acceptors (Lipinski definition) is 11. The second kappa shape index (κ2) is 20.1. The summed E-state index contributed by atoms with van der Waals surface area (Å²) in [5.74, 6) is 6.72. The van der Waals surface area contributed by atoms with E-state index in [1.165, 1.54) is 17.0 Å². The molecule has 0 spiro atoms. The lowest BCUT2D eigenvalue weighted by Crippen LogP contribution is -2.50. The Bertz CT molecular complexity index is 1950. The molecule has 0 bridgehead atoms. The van der Waals surface area contributed by atoms with Gasteiger partial charge in [0.1, 0.15) is 29.5 Å². The van der Waals surface area contributed by atoms with Gasteiger partial charge in [-0.1, -0.05) is 62.7 Å². The minimum atomic E-state index is -0.383. The van der Waals surface area contributed by atoms with Gasteiger partial charge in [-0.3, -0.25) is 21.0 Å². The van der Waals surface area contributed by atoms with Crippen LogP contribution in [0.15, 0.2) is 54.1 Å². The Morgan fingerprint density at radius 2 is 2.00 bits per heavy atom. The summed E-state index contributed by atoms with van der Waals surface area (Å²) < 4.78 is 28.4. The maximum absolute atomic E-state index is 14.1. The first-order valence-corrected chi connectivity index (χ1v) is 20.7. The third kappa shape index (κ3) is 10.7. The number of halogens is 2. The molecule has 4 aliphatic rings. The molecule has 1 saturated heterocycles. The summed E-state index contributed by atoms with van der Waals surface area (Å²) in [5.41, 5.74) is 11.7. The van der Waals surface area contributed by atoms with Crippen molar-refractivity contribution in [2.75, 3.05) is 33.0 Å². The average molecular weight is 795 g/mol. The maximum atomic E-state index is 14.1. The summed E-state index contributed by atoms with van der Waals surface area (Å²) in [6.07, 6.45) is 15.3. The lowest BCUT2D eigenvalue weighted by Gasteiger charge is -2.41. The molecule has 2 aliphatic carbocycles. The molecule has 55 heavy (non-hydrogen) atoms. The van der Waals surface area contributed by atoms with Crippen molar-refractivity contribution in [2.24, 2.45) is 17.5 Å². The highest BCUT2D eigenvalue weighted by Crippen LogP contribution is 2.38. The van der Waals surface area contributed by atoms with Crippen LogP contribution in [-0.2, 0) is 29.2 Å². The van der Waals surface area contributed by atoms with Crippen molar-refractivity contribution >= 4 is 47.4 Å². The van der Waals surface area contributed by atoms with E-state index in [9.17, 15) is 9.18 Å². The highest BCUT2D eigenvalue weighted by atomic mass is 35.5. The van der Waals surface area contributed by atoms with Crippen LogP contribution in [0.5, 0.6) is 5.88 Å². The van der Waals surface area contributed by atoms with E-state index in [1.54, 1.807) is 36.0 Å². The van der Waals surface area contributed by atoms with Gasteiger partial charge in [0.2, 0.25) is 5.88 Å². The molecule has 298 valence electrons. The van der Waals surface area contributed by atoms with Crippen molar-refractivity contribution in [1.29, 1.82) is 0 Å². The van der Waals surface area contributed by atoms with Gasteiger partial charge in [-0.05, 0) is 73.9 Å². The molecule has 3 aromatic rings. The van der Waals surface area contributed by atoms with Gasteiger partial charge >= 0.3 is 0 Å². The van der Waals surface area contributed by atoms with Gasteiger partial charge in [0, 0.05) is 54.3 Å². The van der Waals surface area contributed by atoms with Gasteiger partial charge in [-0.2, -0.15) is 0 Å². The van der Waals surface area contributed by atoms with Crippen molar-refractivity contribution in [3.05, 3.63) is 92.7 Å². The van der Waals surface area contributed by atoms with Gasteiger partial charge in [-0.25, -0.2) is 14.4 Å². The van der Waals surface area contributed by atoms with Crippen LogP contribution in [0.25, 0.3) is 17.7 Å². The van der Waals surface area contributed by atoms with Crippen LogP contribution >= 0.6 is 23.4 Å². The number of aromatic nitrogens is 3. The molecule has 0 saturated carbocycles. The minimum Gasteiger partial charge on any atom is -0.473 e. The number of allylic oxidation sites excluding steroid dienone is 1. The highest BCUT2D eigenvalue weighted by Gasteiger charge is 2.39. The standard InChI is InChI=1S/C31H35ClFN5O2S.C8H15N3O.C2H6/c1-34-24-8-9-28-27(17-24)35-29(38(28)20-31(41-2)12-15-40-31)18-37-13-10-21(11-14-37)26-4-3-5-30(36-26)39-19-22-6-7-23(32)16-25(22)33;1-5-2-8(11-10)7(9)3-6(5)4-12;1-2/h3-7,9-10,16-17,24,34H,8,11-15,18-20H2,1-2H3;3-5,7-8,11H,2,9-10H2,1H3;1-2H3/t;5-,7?,8?;/m.1./s1. The zero-order valence-corrected chi connectivity index (χ0v) is 34.1. The Morgan fingerprint density at radius 1 is 1.20 bits per heavy atom. The number of imidazole rings is 1. The average Bonchev–Trinajstić information content (AvgIpc) is 3.53. The molecule has 14 heteroatoms. The zero-order valence-electron chi connectivity index (χ0n) is 32.6. The number of aldehydes is 1. The lowest BCUT2D eigenvalue weighted by atomic mass is 9.84. The van der Waals surface area contributed by atoms with Crippen molar-refractivity contribution in [3.8, 4) is 5.88 Å². The second-order valence-electron chi connectivity index (χ2n) is 14.0. The number of nitrogens with one attached hydrogen (secondary N) is 2. The van der Waals surface area contributed by atoms with Crippen LogP contribution in [0.2, 0.25) is 5.02 Å². The van der Waals surface area contributed by atoms with E-state index in [1.807, 2.05) is 40.0 Å². The summed E-state index contributed by atoms with van der Waals surface area (Å²) in [5, 5.41) is 6.00.